The van der Waals surface area contributed by atoms with Gasteiger partial charge in [-0.2, -0.15) is 0 Å². The van der Waals surface area contributed by atoms with Crippen molar-refractivity contribution < 1.29 is 37.6 Å². The summed E-state index contributed by atoms with van der Waals surface area (Å²) in [5.74, 6) is -3.15. The van der Waals surface area contributed by atoms with E-state index in [1.165, 1.54) is 11.0 Å². The maximum absolute atomic E-state index is 14.1. The second kappa shape index (κ2) is 15.5. The van der Waals surface area contributed by atoms with Gasteiger partial charge >= 0.3 is 0 Å². The van der Waals surface area contributed by atoms with Crippen molar-refractivity contribution in [3.63, 3.8) is 0 Å². The Kier molecular flexibility index (Phi) is 11.2. The molecule has 238 valence electrons. The van der Waals surface area contributed by atoms with Crippen LogP contribution in [-0.2, 0) is 14.4 Å². The summed E-state index contributed by atoms with van der Waals surface area (Å²) >= 11 is 0. The molecular weight excluding hydrogens is 587 g/mol. The third-order valence-corrected chi connectivity index (χ3v) is 7.09. The number of primary amides is 1. The molecule has 1 aromatic heterocycles. The average molecular weight is 623 g/mol. The molecule has 0 fully saturated rings. The Morgan fingerprint density at radius 1 is 1.07 bits per heavy atom. The number of nitrogens with one attached hydrogen (secondary N) is 3. The van der Waals surface area contributed by atoms with Crippen LogP contribution in [-0.4, -0.2) is 78.4 Å². The number of aromatic nitrogens is 1. The first-order valence-corrected chi connectivity index (χ1v) is 14.5. The molecule has 14 heteroatoms. The summed E-state index contributed by atoms with van der Waals surface area (Å²) < 4.78 is 25.1. The quantitative estimate of drug-likeness (QED) is 0.331. The van der Waals surface area contributed by atoms with Crippen molar-refractivity contribution in [3.8, 4) is 17.0 Å². The van der Waals surface area contributed by atoms with Crippen LogP contribution < -0.4 is 26.4 Å². The van der Waals surface area contributed by atoms with E-state index in [2.05, 4.69) is 21.1 Å². The van der Waals surface area contributed by atoms with Crippen molar-refractivity contribution >= 4 is 29.5 Å². The minimum Gasteiger partial charge on any atom is -0.491 e. The number of carbonyl (C=O) groups is 5. The predicted molar refractivity (Wildman–Crippen MR) is 159 cm³/mol. The molecule has 0 saturated carbocycles. The topological polar surface area (TPSA) is 186 Å². The highest BCUT2D eigenvalue weighted by Crippen LogP contribution is 2.26. The van der Waals surface area contributed by atoms with E-state index >= 15 is 0 Å². The Morgan fingerprint density at radius 2 is 1.84 bits per heavy atom. The zero-order valence-electron chi connectivity index (χ0n) is 24.8. The molecule has 0 spiro atoms. The third kappa shape index (κ3) is 8.87. The number of hydrogen-bond donors (Lipinski definition) is 4. The lowest BCUT2D eigenvalue weighted by Gasteiger charge is -2.24. The molecule has 0 radical (unpaired) electrons. The fraction of sp³-hybridized carbons (Fsp3) is 0.355. The average Bonchev–Trinajstić information content (AvgIpc) is 3.41. The molecule has 0 saturated heterocycles. The molecule has 0 aliphatic carbocycles. The van der Waals surface area contributed by atoms with E-state index in [0.29, 0.717) is 23.4 Å². The van der Waals surface area contributed by atoms with Crippen LogP contribution in [0.4, 0.5) is 4.39 Å². The molecule has 5 N–H and O–H groups in total. The molecular formula is C31H35FN6O7. The van der Waals surface area contributed by atoms with Gasteiger partial charge in [-0.1, -0.05) is 35.5 Å². The zero-order valence-corrected chi connectivity index (χ0v) is 24.8. The number of carbonyl (C=O) groups excluding carboxylic acids is 5. The molecule has 2 aromatic carbocycles. The summed E-state index contributed by atoms with van der Waals surface area (Å²) in [6.45, 7) is 1.90. The van der Waals surface area contributed by atoms with Crippen LogP contribution >= 0.6 is 0 Å². The van der Waals surface area contributed by atoms with Crippen LogP contribution in [0.1, 0.15) is 52.2 Å². The number of hydrogen-bond acceptors (Lipinski definition) is 8. The van der Waals surface area contributed by atoms with E-state index in [-0.39, 0.29) is 74.8 Å². The molecule has 4 rings (SSSR count). The van der Waals surface area contributed by atoms with Crippen LogP contribution in [0.25, 0.3) is 11.3 Å². The van der Waals surface area contributed by atoms with E-state index in [1.807, 2.05) is 18.2 Å². The smallest absolute Gasteiger partial charge is 0.259 e. The van der Waals surface area contributed by atoms with E-state index in [0.717, 1.165) is 12.1 Å². The van der Waals surface area contributed by atoms with Gasteiger partial charge in [-0.25, -0.2) is 4.39 Å². The van der Waals surface area contributed by atoms with Crippen molar-refractivity contribution in [2.45, 2.75) is 38.6 Å². The highest BCUT2D eigenvalue weighted by atomic mass is 19.1. The van der Waals surface area contributed by atoms with E-state index in [4.69, 9.17) is 15.0 Å². The zero-order chi connectivity index (χ0) is 32.3. The summed E-state index contributed by atoms with van der Waals surface area (Å²) in [4.78, 5) is 65.7. The van der Waals surface area contributed by atoms with Crippen molar-refractivity contribution in [1.29, 1.82) is 0 Å². The normalized spacial score (nSPS) is 17.1. The SMILES string of the molecule is Cc1onc(-c2ccccc2)c1C(=O)N1CCCC(=O)NCCOc2ccc(F)cc2C(=O)N[C@@H](CCC(N)=O)C(=O)NCC1. The van der Waals surface area contributed by atoms with Gasteiger partial charge in [0.1, 0.15) is 41.2 Å². The van der Waals surface area contributed by atoms with Crippen molar-refractivity contribution in [1.82, 2.24) is 26.0 Å². The van der Waals surface area contributed by atoms with Gasteiger partial charge in [-0.15, -0.1) is 0 Å². The Hall–Kier alpha value is -5.27. The van der Waals surface area contributed by atoms with Crippen molar-refractivity contribution in [2.24, 2.45) is 5.73 Å². The molecule has 2 heterocycles. The van der Waals surface area contributed by atoms with E-state index in [1.54, 1.807) is 19.1 Å². The summed E-state index contributed by atoms with van der Waals surface area (Å²) in [7, 11) is 0. The minimum absolute atomic E-state index is 0.0249. The maximum Gasteiger partial charge on any atom is 0.259 e. The minimum atomic E-state index is -1.20. The van der Waals surface area contributed by atoms with Crippen LogP contribution in [0.5, 0.6) is 5.75 Å². The number of ether oxygens (including phenoxy) is 1. The number of aryl methyl sites for hydroxylation is 1. The van der Waals surface area contributed by atoms with Crippen LogP contribution in [0.15, 0.2) is 53.1 Å². The Bertz CT molecular complexity index is 1540. The van der Waals surface area contributed by atoms with Gasteiger partial charge in [0.25, 0.3) is 11.8 Å². The van der Waals surface area contributed by atoms with Gasteiger partial charge in [0.2, 0.25) is 17.7 Å². The van der Waals surface area contributed by atoms with Gasteiger partial charge in [-0.3, -0.25) is 24.0 Å². The second-order valence-electron chi connectivity index (χ2n) is 10.4. The number of amides is 5. The van der Waals surface area contributed by atoms with Gasteiger partial charge in [0, 0.05) is 38.0 Å². The monoisotopic (exact) mass is 622 g/mol. The van der Waals surface area contributed by atoms with Crippen molar-refractivity contribution in [3.05, 3.63) is 71.2 Å². The number of nitrogens with zero attached hydrogens (tertiary/aromatic N) is 2. The second-order valence-corrected chi connectivity index (χ2v) is 10.4. The Labute approximate surface area is 258 Å². The highest BCUT2D eigenvalue weighted by Gasteiger charge is 2.28. The molecule has 0 unspecified atom stereocenters. The lowest BCUT2D eigenvalue weighted by Crippen LogP contribution is -2.49. The fourth-order valence-electron chi connectivity index (χ4n) is 4.79. The standard InChI is InChI=1S/C31H35FN6O7/c1-19-27(28(37-45-19)20-6-3-2-4-7-20)31(43)38-15-5-8-26(40)34-14-17-44-24-11-9-21(32)18-22(24)29(41)36-23(10-12-25(33)39)30(42)35-13-16-38/h2-4,6-7,9,11,18,23H,5,8,10,12-17H2,1H3,(H2,33,39)(H,34,40)(H,35,42)(H,36,41)/t23-/m0/s1. The summed E-state index contributed by atoms with van der Waals surface area (Å²) in [6.07, 6.45) is 0.0953. The Morgan fingerprint density at radius 3 is 2.60 bits per heavy atom. The largest absolute Gasteiger partial charge is 0.491 e. The molecule has 45 heavy (non-hydrogen) atoms. The molecule has 1 aliphatic heterocycles. The number of nitrogens with two attached hydrogens (primary N) is 1. The first kappa shape index (κ1) is 32.6. The third-order valence-electron chi connectivity index (χ3n) is 7.09. The predicted octanol–water partition coefficient (Wildman–Crippen LogP) is 1.70. The number of halogens is 1. The molecule has 1 aliphatic rings. The summed E-state index contributed by atoms with van der Waals surface area (Å²) in [5.41, 5.74) is 6.43. The first-order valence-electron chi connectivity index (χ1n) is 14.5. The molecule has 5 amide bonds. The van der Waals surface area contributed by atoms with Gasteiger partial charge < -0.3 is 35.8 Å². The van der Waals surface area contributed by atoms with E-state index in [9.17, 15) is 28.4 Å². The van der Waals surface area contributed by atoms with Crippen molar-refractivity contribution in [2.75, 3.05) is 32.8 Å². The lowest BCUT2D eigenvalue weighted by molar-refractivity contribution is -0.123. The molecule has 3 aromatic rings. The molecule has 13 nitrogen and oxygen atoms in total. The van der Waals surface area contributed by atoms with Crippen LogP contribution in [0.3, 0.4) is 0 Å². The van der Waals surface area contributed by atoms with Gasteiger partial charge in [-0.05, 0) is 38.0 Å². The van der Waals surface area contributed by atoms with Crippen LogP contribution in [0, 0.1) is 12.7 Å². The molecule has 1 atom stereocenters. The summed E-state index contributed by atoms with van der Waals surface area (Å²) in [6, 6.07) is 11.2. The van der Waals surface area contributed by atoms with E-state index < -0.39 is 35.5 Å². The van der Waals surface area contributed by atoms with Gasteiger partial charge in [0.15, 0.2) is 0 Å². The highest BCUT2D eigenvalue weighted by molar-refractivity contribution is 6.01. The molecule has 0 bridgehead atoms. The number of benzene rings is 2. The fourth-order valence-corrected chi connectivity index (χ4v) is 4.79. The first-order chi connectivity index (χ1) is 21.6. The van der Waals surface area contributed by atoms with Crippen LogP contribution in [0.2, 0.25) is 0 Å². The number of rotatable bonds is 5. The lowest BCUT2D eigenvalue weighted by atomic mass is 10.0. The summed E-state index contributed by atoms with van der Waals surface area (Å²) in [5, 5.41) is 12.0. The maximum atomic E-state index is 14.1. The van der Waals surface area contributed by atoms with Gasteiger partial charge in [0.05, 0.1) is 12.1 Å². The number of fused-ring (bicyclic) bond motifs is 1. The Balaban J connectivity index is 1.58.